The molecule has 5 heteroatoms. The van der Waals surface area contributed by atoms with Gasteiger partial charge in [0.05, 0.1) is 0 Å². The van der Waals surface area contributed by atoms with Crippen molar-refractivity contribution >= 4 is 11.6 Å². The Morgan fingerprint density at radius 2 is 2.38 bits per heavy atom. The average Bonchev–Trinajstić information content (AvgIpc) is 2.48. The summed E-state index contributed by atoms with van der Waals surface area (Å²) in [6.07, 6.45) is 3.19. The van der Waals surface area contributed by atoms with Gasteiger partial charge in [0.15, 0.2) is 11.3 Å². The lowest BCUT2D eigenvalue weighted by Gasteiger charge is -1.99. The van der Waals surface area contributed by atoms with E-state index in [0.717, 1.165) is 0 Å². The highest BCUT2D eigenvalue weighted by atomic mass is 16.4. The van der Waals surface area contributed by atoms with Gasteiger partial charge < -0.3 is 5.11 Å². The van der Waals surface area contributed by atoms with E-state index in [1.807, 2.05) is 0 Å². The minimum atomic E-state index is -1.02. The van der Waals surface area contributed by atoms with E-state index in [1.165, 1.54) is 4.52 Å². The van der Waals surface area contributed by atoms with Crippen molar-refractivity contribution in [3.63, 3.8) is 0 Å². The van der Waals surface area contributed by atoms with Crippen LogP contribution in [0.1, 0.15) is 16.1 Å². The topological polar surface area (TPSA) is 67.5 Å². The number of aromatic nitrogens is 3. The summed E-state index contributed by atoms with van der Waals surface area (Å²) in [6, 6.07) is 1.69. The third-order valence-corrected chi connectivity index (χ3v) is 1.78. The van der Waals surface area contributed by atoms with Crippen molar-refractivity contribution in [3.8, 4) is 0 Å². The fraction of sp³-hybridized carbons (Fsp3) is 0.125. The van der Waals surface area contributed by atoms with E-state index in [4.69, 9.17) is 5.11 Å². The summed E-state index contributed by atoms with van der Waals surface area (Å²) in [7, 11) is 0. The molecule has 66 valence electrons. The van der Waals surface area contributed by atoms with E-state index in [1.54, 1.807) is 25.4 Å². The Kier molecular flexibility index (Phi) is 1.51. The maximum atomic E-state index is 10.7. The van der Waals surface area contributed by atoms with Crippen molar-refractivity contribution in [3.05, 3.63) is 29.7 Å². The van der Waals surface area contributed by atoms with Gasteiger partial charge in [-0.25, -0.2) is 14.3 Å². The number of imidazole rings is 1. The SMILES string of the molecule is Cc1cc2nccn2nc1C(=O)O. The summed E-state index contributed by atoms with van der Waals surface area (Å²) in [6.45, 7) is 1.70. The van der Waals surface area contributed by atoms with E-state index < -0.39 is 5.97 Å². The highest BCUT2D eigenvalue weighted by molar-refractivity contribution is 5.87. The molecule has 0 aliphatic heterocycles. The number of hydrogen-bond acceptors (Lipinski definition) is 3. The van der Waals surface area contributed by atoms with Gasteiger partial charge in [-0.05, 0) is 18.6 Å². The van der Waals surface area contributed by atoms with E-state index in [-0.39, 0.29) is 5.69 Å². The molecule has 0 radical (unpaired) electrons. The summed E-state index contributed by atoms with van der Waals surface area (Å²) in [4.78, 5) is 14.7. The van der Waals surface area contributed by atoms with Crippen molar-refractivity contribution in [1.82, 2.24) is 14.6 Å². The van der Waals surface area contributed by atoms with Crippen LogP contribution in [0.4, 0.5) is 0 Å². The molecule has 0 aliphatic rings. The van der Waals surface area contributed by atoms with Gasteiger partial charge in [-0.1, -0.05) is 0 Å². The van der Waals surface area contributed by atoms with Crippen LogP contribution in [-0.4, -0.2) is 25.7 Å². The number of nitrogens with zero attached hydrogens (tertiary/aromatic N) is 3. The molecule has 0 unspecified atom stereocenters. The van der Waals surface area contributed by atoms with Crippen LogP contribution in [0.5, 0.6) is 0 Å². The molecular weight excluding hydrogens is 170 g/mol. The monoisotopic (exact) mass is 177 g/mol. The smallest absolute Gasteiger partial charge is 0.356 e. The van der Waals surface area contributed by atoms with E-state index in [9.17, 15) is 4.79 Å². The zero-order valence-corrected chi connectivity index (χ0v) is 6.93. The predicted molar refractivity (Wildman–Crippen MR) is 44.7 cm³/mol. The minimum absolute atomic E-state index is 0.0606. The molecule has 2 rings (SSSR count). The Morgan fingerprint density at radius 3 is 3.08 bits per heavy atom. The lowest BCUT2D eigenvalue weighted by atomic mass is 10.2. The Morgan fingerprint density at radius 1 is 1.62 bits per heavy atom. The predicted octanol–water partition coefficient (Wildman–Crippen LogP) is 0.736. The number of hydrogen-bond donors (Lipinski definition) is 1. The molecule has 0 bridgehead atoms. The summed E-state index contributed by atoms with van der Waals surface area (Å²) >= 11 is 0. The van der Waals surface area contributed by atoms with Gasteiger partial charge in [0.25, 0.3) is 0 Å². The van der Waals surface area contributed by atoms with Gasteiger partial charge in [-0.3, -0.25) is 0 Å². The van der Waals surface area contributed by atoms with Crippen LogP contribution < -0.4 is 0 Å². The Balaban J connectivity index is 2.76. The lowest BCUT2D eigenvalue weighted by Crippen LogP contribution is -2.07. The maximum absolute atomic E-state index is 10.7. The van der Waals surface area contributed by atoms with E-state index in [0.29, 0.717) is 11.2 Å². The third-order valence-electron chi connectivity index (χ3n) is 1.78. The molecule has 0 aliphatic carbocycles. The first-order chi connectivity index (χ1) is 6.18. The number of aromatic carboxylic acids is 1. The largest absolute Gasteiger partial charge is 0.476 e. The minimum Gasteiger partial charge on any atom is -0.476 e. The second kappa shape index (κ2) is 2.55. The summed E-state index contributed by atoms with van der Waals surface area (Å²) in [5, 5.41) is 12.7. The van der Waals surface area contributed by atoms with Crippen LogP contribution in [0.2, 0.25) is 0 Å². The molecule has 5 nitrogen and oxygen atoms in total. The van der Waals surface area contributed by atoms with E-state index >= 15 is 0 Å². The summed E-state index contributed by atoms with van der Waals surface area (Å²) in [5.74, 6) is -1.02. The summed E-state index contributed by atoms with van der Waals surface area (Å²) in [5.41, 5.74) is 1.33. The van der Waals surface area contributed by atoms with Gasteiger partial charge in [-0.15, -0.1) is 0 Å². The first kappa shape index (κ1) is 7.72. The number of rotatable bonds is 1. The number of carbonyl (C=O) groups is 1. The molecule has 2 aromatic rings. The van der Waals surface area contributed by atoms with Crippen molar-refractivity contribution in [2.24, 2.45) is 0 Å². The number of fused-ring (bicyclic) bond motifs is 1. The lowest BCUT2D eigenvalue weighted by molar-refractivity contribution is 0.0688. The van der Waals surface area contributed by atoms with Crippen molar-refractivity contribution < 1.29 is 9.90 Å². The van der Waals surface area contributed by atoms with Gasteiger partial charge >= 0.3 is 5.97 Å². The average molecular weight is 177 g/mol. The molecule has 0 aromatic carbocycles. The quantitative estimate of drug-likeness (QED) is 0.697. The second-order valence-electron chi connectivity index (χ2n) is 2.71. The van der Waals surface area contributed by atoms with Gasteiger partial charge in [0.1, 0.15) is 0 Å². The molecule has 2 heterocycles. The van der Waals surface area contributed by atoms with Crippen LogP contribution in [-0.2, 0) is 0 Å². The molecular formula is C8H7N3O2. The third kappa shape index (κ3) is 1.14. The normalized spacial score (nSPS) is 10.5. The van der Waals surface area contributed by atoms with E-state index in [2.05, 4.69) is 10.1 Å². The molecule has 0 spiro atoms. The fourth-order valence-electron chi connectivity index (χ4n) is 1.16. The van der Waals surface area contributed by atoms with Crippen LogP contribution >= 0.6 is 0 Å². The first-order valence-electron chi connectivity index (χ1n) is 3.73. The van der Waals surface area contributed by atoms with Crippen molar-refractivity contribution in [1.29, 1.82) is 0 Å². The van der Waals surface area contributed by atoms with Crippen LogP contribution in [0, 0.1) is 6.92 Å². The molecule has 0 atom stereocenters. The standard InChI is InChI=1S/C8H7N3O2/c1-5-4-6-9-2-3-11(6)10-7(5)8(12)13/h2-4H,1H3,(H,12,13). The number of carboxylic acid groups (broad SMARTS) is 1. The van der Waals surface area contributed by atoms with Gasteiger partial charge in [-0.2, -0.15) is 5.10 Å². The fourth-order valence-corrected chi connectivity index (χ4v) is 1.16. The molecule has 1 N–H and O–H groups in total. The van der Waals surface area contributed by atoms with Gasteiger partial charge in [0.2, 0.25) is 0 Å². The maximum Gasteiger partial charge on any atom is 0.356 e. The molecule has 2 aromatic heterocycles. The Hall–Kier alpha value is -1.91. The number of carboxylic acids is 1. The molecule has 0 amide bonds. The zero-order valence-electron chi connectivity index (χ0n) is 6.93. The molecule has 0 saturated carbocycles. The second-order valence-corrected chi connectivity index (χ2v) is 2.71. The zero-order chi connectivity index (χ0) is 9.42. The van der Waals surface area contributed by atoms with Crippen LogP contribution in [0.15, 0.2) is 18.5 Å². The van der Waals surface area contributed by atoms with Crippen LogP contribution in [0.25, 0.3) is 5.65 Å². The highest BCUT2D eigenvalue weighted by Crippen LogP contribution is 2.07. The number of aryl methyl sites for hydroxylation is 1. The summed E-state index contributed by atoms with van der Waals surface area (Å²) < 4.78 is 1.44. The first-order valence-corrected chi connectivity index (χ1v) is 3.73. The molecule has 13 heavy (non-hydrogen) atoms. The van der Waals surface area contributed by atoms with Crippen molar-refractivity contribution in [2.75, 3.05) is 0 Å². The van der Waals surface area contributed by atoms with Crippen molar-refractivity contribution in [2.45, 2.75) is 6.92 Å². The molecule has 0 saturated heterocycles. The highest BCUT2D eigenvalue weighted by Gasteiger charge is 2.10. The molecule has 0 fully saturated rings. The van der Waals surface area contributed by atoms with Gasteiger partial charge in [0, 0.05) is 12.4 Å². The van der Waals surface area contributed by atoms with Crippen LogP contribution in [0.3, 0.4) is 0 Å². The Bertz CT molecular complexity index is 475. The Labute approximate surface area is 73.6 Å².